The fraction of sp³-hybridized carbons (Fsp3) is 0.167. The van der Waals surface area contributed by atoms with Crippen LogP contribution in [0.25, 0.3) is 11.0 Å². The van der Waals surface area contributed by atoms with Gasteiger partial charge in [0.1, 0.15) is 11.5 Å². The number of anilines is 1. The Balaban J connectivity index is 2.09. The molecule has 0 spiro atoms. The van der Waals surface area contributed by atoms with E-state index in [0.717, 1.165) is 18.2 Å². The summed E-state index contributed by atoms with van der Waals surface area (Å²) in [4.78, 5) is 19.6. The summed E-state index contributed by atoms with van der Waals surface area (Å²) < 4.78 is 31.8. The number of halogens is 2. The highest BCUT2D eigenvalue weighted by Crippen LogP contribution is 2.29. The third-order valence-corrected chi connectivity index (χ3v) is 4.72. The molecule has 1 aromatic carbocycles. The van der Waals surface area contributed by atoms with Gasteiger partial charge in [-0.05, 0) is 24.6 Å². The molecule has 26 heavy (non-hydrogen) atoms. The molecular formula is C18H14F2N4OS. The number of H-pyrrole nitrogens is 1. The lowest BCUT2D eigenvalue weighted by molar-refractivity contribution is 0.103. The topological polar surface area (TPSA) is 81.6 Å². The molecule has 5 nitrogen and oxygen atoms in total. The lowest BCUT2D eigenvalue weighted by Gasteiger charge is -2.10. The third-order valence-electron chi connectivity index (χ3n) is 3.75. The average molecular weight is 372 g/mol. The van der Waals surface area contributed by atoms with Crippen LogP contribution in [-0.2, 0) is 0 Å². The summed E-state index contributed by atoms with van der Waals surface area (Å²) in [7, 11) is 0. The molecule has 3 aromatic rings. The molecule has 0 saturated carbocycles. The number of nitrogens with zero attached hydrogens (tertiary/aromatic N) is 2. The molecule has 0 amide bonds. The second-order valence-electron chi connectivity index (χ2n) is 5.46. The van der Waals surface area contributed by atoms with Crippen LogP contribution in [0.3, 0.4) is 0 Å². The fourth-order valence-corrected chi connectivity index (χ4v) is 3.15. The Bertz CT molecular complexity index is 1030. The van der Waals surface area contributed by atoms with Crippen molar-refractivity contribution in [2.45, 2.75) is 13.3 Å². The Labute approximate surface area is 152 Å². The van der Waals surface area contributed by atoms with Gasteiger partial charge < -0.3 is 9.71 Å². The van der Waals surface area contributed by atoms with Crippen LogP contribution in [0.4, 0.5) is 14.5 Å². The molecule has 8 heteroatoms. The van der Waals surface area contributed by atoms with E-state index in [-0.39, 0.29) is 22.2 Å². The number of ketones is 1. The predicted octanol–water partition coefficient (Wildman–Crippen LogP) is 4.41. The minimum absolute atomic E-state index is 0.000751. The van der Waals surface area contributed by atoms with Crippen LogP contribution in [0.2, 0.25) is 0 Å². The van der Waals surface area contributed by atoms with Gasteiger partial charge in [0.25, 0.3) is 0 Å². The standard InChI is InChI=1S/C18H14F2N4OS/c1-2-7-26-24-13-4-3-12(19)15(16(13)20)17(25)11-9-23-18-14(11)10(8-21)5-6-22-18/h3-6,9,24H,2,7H2,1H3,(H,22,23). The SMILES string of the molecule is CCCSNc1ccc(F)c(C(=O)c2c[nH]c3nccc(C#N)c23)c1F. The molecule has 132 valence electrons. The molecule has 0 aliphatic heterocycles. The maximum absolute atomic E-state index is 14.8. The summed E-state index contributed by atoms with van der Waals surface area (Å²) in [6.07, 6.45) is 3.61. The van der Waals surface area contributed by atoms with Crippen molar-refractivity contribution in [3.05, 3.63) is 58.9 Å². The number of fused-ring (bicyclic) bond motifs is 1. The summed E-state index contributed by atoms with van der Waals surface area (Å²) >= 11 is 1.27. The van der Waals surface area contributed by atoms with E-state index in [1.165, 1.54) is 36.5 Å². The first-order valence-electron chi connectivity index (χ1n) is 7.85. The van der Waals surface area contributed by atoms with Crippen LogP contribution in [0.5, 0.6) is 0 Å². The maximum Gasteiger partial charge on any atom is 0.201 e. The Morgan fingerprint density at radius 2 is 2.19 bits per heavy atom. The summed E-state index contributed by atoms with van der Waals surface area (Å²) in [5.74, 6) is -2.04. The normalized spacial score (nSPS) is 10.7. The van der Waals surface area contributed by atoms with Crippen molar-refractivity contribution in [2.24, 2.45) is 0 Å². The Kier molecular flexibility index (Phi) is 5.19. The van der Waals surface area contributed by atoms with Crippen LogP contribution in [-0.4, -0.2) is 21.5 Å². The van der Waals surface area contributed by atoms with Gasteiger partial charge in [-0.15, -0.1) is 0 Å². The van der Waals surface area contributed by atoms with E-state index in [0.29, 0.717) is 5.65 Å². The number of nitrogens with one attached hydrogen (secondary N) is 2. The van der Waals surface area contributed by atoms with Crippen LogP contribution in [0.1, 0.15) is 34.8 Å². The van der Waals surface area contributed by atoms with E-state index < -0.39 is 23.0 Å². The number of benzene rings is 1. The van der Waals surface area contributed by atoms with E-state index in [9.17, 15) is 18.8 Å². The molecule has 3 rings (SSSR count). The van der Waals surface area contributed by atoms with Crippen LogP contribution in [0, 0.1) is 23.0 Å². The van der Waals surface area contributed by atoms with Crippen LogP contribution in [0.15, 0.2) is 30.6 Å². The zero-order chi connectivity index (χ0) is 18.7. The van der Waals surface area contributed by atoms with Gasteiger partial charge in [0.15, 0.2) is 5.82 Å². The van der Waals surface area contributed by atoms with Crippen molar-refractivity contribution in [3.63, 3.8) is 0 Å². The van der Waals surface area contributed by atoms with Gasteiger partial charge in [-0.1, -0.05) is 18.9 Å². The summed E-state index contributed by atoms with van der Waals surface area (Å²) in [6.45, 7) is 1.97. The number of carbonyl (C=O) groups is 1. The number of aromatic nitrogens is 2. The molecular weight excluding hydrogens is 358 g/mol. The number of hydrogen-bond acceptors (Lipinski definition) is 5. The molecule has 0 unspecified atom stereocenters. The van der Waals surface area contributed by atoms with Gasteiger partial charge in [-0.2, -0.15) is 5.26 Å². The van der Waals surface area contributed by atoms with Crippen LogP contribution >= 0.6 is 11.9 Å². The number of carbonyl (C=O) groups excluding carboxylic acids is 1. The van der Waals surface area contributed by atoms with Crippen molar-refractivity contribution < 1.29 is 13.6 Å². The molecule has 0 aliphatic rings. The lowest BCUT2D eigenvalue weighted by atomic mass is 10.00. The van der Waals surface area contributed by atoms with Gasteiger partial charge in [-0.25, -0.2) is 13.8 Å². The minimum atomic E-state index is -0.963. The predicted molar refractivity (Wildman–Crippen MR) is 97.0 cm³/mol. The second kappa shape index (κ2) is 7.54. The van der Waals surface area contributed by atoms with E-state index in [1.807, 2.05) is 13.0 Å². The third kappa shape index (κ3) is 3.13. The molecule has 0 radical (unpaired) electrons. The van der Waals surface area contributed by atoms with Crippen molar-refractivity contribution in [3.8, 4) is 6.07 Å². The Hall–Kier alpha value is -2.92. The maximum atomic E-state index is 14.8. The molecule has 0 saturated heterocycles. The first-order valence-corrected chi connectivity index (χ1v) is 8.83. The molecule has 0 aliphatic carbocycles. The van der Waals surface area contributed by atoms with E-state index >= 15 is 0 Å². The smallest absolute Gasteiger partial charge is 0.201 e. The molecule has 2 N–H and O–H groups in total. The van der Waals surface area contributed by atoms with Gasteiger partial charge in [0.2, 0.25) is 5.78 Å². The van der Waals surface area contributed by atoms with Crippen molar-refractivity contribution >= 4 is 34.5 Å². The Morgan fingerprint density at radius 1 is 1.38 bits per heavy atom. The number of nitriles is 1. The zero-order valence-corrected chi connectivity index (χ0v) is 14.6. The highest BCUT2D eigenvalue weighted by molar-refractivity contribution is 8.00. The van der Waals surface area contributed by atoms with Gasteiger partial charge >= 0.3 is 0 Å². The van der Waals surface area contributed by atoms with Crippen LogP contribution < -0.4 is 4.72 Å². The quantitative estimate of drug-likeness (QED) is 0.380. The lowest BCUT2D eigenvalue weighted by Crippen LogP contribution is -2.09. The van der Waals surface area contributed by atoms with Crippen molar-refractivity contribution in [2.75, 3.05) is 10.5 Å². The summed E-state index contributed by atoms with van der Waals surface area (Å²) in [6, 6.07) is 5.70. The average Bonchev–Trinajstić information content (AvgIpc) is 3.08. The van der Waals surface area contributed by atoms with Gasteiger partial charge in [0, 0.05) is 23.5 Å². The second-order valence-corrected chi connectivity index (χ2v) is 6.36. The van der Waals surface area contributed by atoms with Gasteiger partial charge in [-0.3, -0.25) is 4.79 Å². The summed E-state index contributed by atoms with van der Waals surface area (Å²) in [5.41, 5.74) is -0.123. The number of rotatable bonds is 6. The zero-order valence-electron chi connectivity index (χ0n) is 13.8. The van der Waals surface area contributed by atoms with Crippen molar-refractivity contribution in [1.82, 2.24) is 9.97 Å². The molecule has 2 heterocycles. The molecule has 0 fully saturated rings. The van der Waals surface area contributed by atoms with Crippen molar-refractivity contribution in [1.29, 1.82) is 5.26 Å². The molecule has 2 aromatic heterocycles. The number of pyridine rings is 1. The van der Waals surface area contributed by atoms with E-state index in [2.05, 4.69) is 14.7 Å². The monoisotopic (exact) mass is 372 g/mol. The summed E-state index contributed by atoms with van der Waals surface area (Å²) in [5, 5.41) is 9.49. The number of hydrogen-bond donors (Lipinski definition) is 2. The first-order chi connectivity index (χ1) is 12.6. The van der Waals surface area contributed by atoms with E-state index in [4.69, 9.17) is 0 Å². The largest absolute Gasteiger partial charge is 0.345 e. The Morgan fingerprint density at radius 3 is 2.92 bits per heavy atom. The highest BCUT2D eigenvalue weighted by atomic mass is 32.2. The highest BCUT2D eigenvalue weighted by Gasteiger charge is 2.25. The first kappa shape index (κ1) is 17.9. The van der Waals surface area contributed by atoms with Gasteiger partial charge in [0.05, 0.1) is 28.4 Å². The number of aromatic amines is 1. The van der Waals surface area contributed by atoms with E-state index in [1.54, 1.807) is 0 Å². The fourth-order valence-electron chi connectivity index (χ4n) is 2.53. The molecule has 0 bridgehead atoms. The minimum Gasteiger partial charge on any atom is -0.345 e. The molecule has 0 atom stereocenters.